The average Bonchev–Trinajstić information content (AvgIpc) is 2.32. The minimum absolute atomic E-state index is 0.0406. The zero-order valence-electron chi connectivity index (χ0n) is 10.6. The van der Waals surface area contributed by atoms with Crippen molar-refractivity contribution >= 4 is 29.0 Å². The molecule has 0 bridgehead atoms. The van der Waals surface area contributed by atoms with Gasteiger partial charge in [-0.1, -0.05) is 33.0 Å². The van der Waals surface area contributed by atoms with Crippen LogP contribution in [-0.2, 0) is 9.59 Å². The predicted molar refractivity (Wildman–Crippen MR) is 71.5 cm³/mol. The summed E-state index contributed by atoms with van der Waals surface area (Å²) in [6.45, 7) is 6.00. The van der Waals surface area contributed by atoms with Crippen LogP contribution in [0.1, 0.15) is 40.0 Å². The summed E-state index contributed by atoms with van der Waals surface area (Å²) < 4.78 is 0. The molecule has 0 rings (SSSR count). The van der Waals surface area contributed by atoms with E-state index < -0.39 is 11.8 Å². The van der Waals surface area contributed by atoms with Crippen molar-refractivity contribution in [1.82, 2.24) is 10.6 Å². The molecule has 0 aliphatic carbocycles. The van der Waals surface area contributed by atoms with Crippen LogP contribution < -0.4 is 16.4 Å². The third-order valence-electron chi connectivity index (χ3n) is 3.04. The minimum atomic E-state index is -0.697. The summed E-state index contributed by atoms with van der Waals surface area (Å²) in [6.07, 6.45) is 2.36. The molecule has 2 amide bonds. The van der Waals surface area contributed by atoms with Crippen LogP contribution in [0.15, 0.2) is 0 Å². The van der Waals surface area contributed by atoms with E-state index in [0.29, 0.717) is 0 Å². The maximum Gasteiger partial charge on any atom is 0.309 e. The molecule has 0 aromatic carbocycles. The summed E-state index contributed by atoms with van der Waals surface area (Å²) in [7, 11) is 0. The zero-order chi connectivity index (χ0) is 13.5. The molecule has 6 heteroatoms. The molecule has 0 fully saturated rings. The summed E-state index contributed by atoms with van der Waals surface area (Å²) >= 11 is 4.61. The Morgan fingerprint density at radius 1 is 1.12 bits per heavy atom. The third kappa shape index (κ3) is 5.12. The molecule has 17 heavy (non-hydrogen) atoms. The first kappa shape index (κ1) is 15.8. The van der Waals surface area contributed by atoms with Crippen molar-refractivity contribution in [3.63, 3.8) is 0 Å². The van der Waals surface area contributed by atoms with Crippen LogP contribution in [-0.4, -0.2) is 28.9 Å². The van der Waals surface area contributed by atoms with Crippen molar-refractivity contribution in [3.05, 3.63) is 0 Å². The largest absolute Gasteiger partial charge is 0.392 e. The molecule has 0 atom stereocenters. The quantitative estimate of drug-likeness (QED) is 0.478. The van der Waals surface area contributed by atoms with Gasteiger partial charge in [-0.05, 0) is 19.3 Å². The van der Waals surface area contributed by atoms with Crippen LogP contribution in [0.3, 0.4) is 0 Å². The zero-order valence-corrected chi connectivity index (χ0v) is 11.4. The van der Waals surface area contributed by atoms with Crippen molar-refractivity contribution in [1.29, 1.82) is 0 Å². The Balaban J connectivity index is 4.41. The highest BCUT2D eigenvalue weighted by Gasteiger charge is 2.28. The number of thiocarbonyl (C=S) groups is 1. The number of rotatable bonds is 6. The fraction of sp³-hybridized carbons (Fsp3) is 0.727. The second-order valence-electron chi connectivity index (χ2n) is 3.94. The molecule has 0 aliphatic rings. The van der Waals surface area contributed by atoms with E-state index in [-0.39, 0.29) is 17.1 Å². The van der Waals surface area contributed by atoms with Crippen LogP contribution in [0.25, 0.3) is 0 Å². The second-order valence-corrected chi connectivity index (χ2v) is 4.47. The van der Waals surface area contributed by atoms with Gasteiger partial charge in [-0.15, -0.1) is 0 Å². The molecule has 0 spiro atoms. The van der Waals surface area contributed by atoms with Crippen LogP contribution in [0.2, 0.25) is 0 Å². The average molecular weight is 259 g/mol. The highest BCUT2D eigenvalue weighted by molar-refractivity contribution is 7.80. The maximum atomic E-state index is 11.6. The first-order chi connectivity index (χ1) is 7.90. The highest BCUT2D eigenvalue weighted by Crippen LogP contribution is 2.18. The molecule has 0 aliphatic heterocycles. The van der Waals surface area contributed by atoms with E-state index in [1.165, 1.54) is 0 Å². The van der Waals surface area contributed by atoms with Crippen molar-refractivity contribution in [3.8, 4) is 0 Å². The summed E-state index contributed by atoms with van der Waals surface area (Å²) in [4.78, 5) is 23.2. The number of hydrogen-bond acceptors (Lipinski definition) is 3. The van der Waals surface area contributed by atoms with Gasteiger partial charge in [-0.2, -0.15) is 0 Å². The Hall–Kier alpha value is -1.17. The normalized spacial score (nSPS) is 10.8. The van der Waals surface area contributed by atoms with Gasteiger partial charge in [0.05, 0.1) is 11.5 Å². The summed E-state index contributed by atoms with van der Waals surface area (Å²) in [6, 6.07) is 0. The van der Waals surface area contributed by atoms with Gasteiger partial charge in [0.2, 0.25) is 0 Å². The van der Waals surface area contributed by atoms with E-state index in [4.69, 9.17) is 5.73 Å². The van der Waals surface area contributed by atoms with Gasteiger partial charge in [0, 0.05) is 5.54 Å². The minimum Gasteiger partial charge on any atom is -0.392 e. The summed E-state index contributed by atoms with van der Waals surface area (Å²) in [5.41, 5.74) is 4.92. The van der Waals surface area contributed by atoms with E-state index in [2.05, 4.69) is 22.9 Å². The van der Waals surface area contributed by atoms with Gasteiger partial charge in [-0.25, -0.2) is 0 Å². The Bertz CT molecular complexity index is 293. The summed E-state index contributed by atoms with van der Waals surface area (Å²) in [5, 5.41) is 5.13. The number of hydrogen-bond donors (Lipinski definition) is 3. The molecule has 0 heterocycles. The lowest BCUT2D eigenvalue weighted by molar-refractivity contribution is -0.140. The van der Waals surface area contributed by atoms with Crippen molar-refractivity contribution < 1.29 is 9.59 Å². The molecular formula is C11H21N3O2S. The fourth-order valence-corrected chi connectivity index (χ4v) is 1.63. The number of nitrogens with two attached hydrogens (primary N) is 1. The topological polar surface area (TPSA) is 84.2 Å². The van der Waals surface area contributed by atoms with Gasteiger partial charge in [0.15, 0.2) is 0 Å². The Morgan fingerprint density at radius 3 is 1.94 bits per heavy atom. The lowest BCUT2D eigenvalue weighted by atomic mass is 9.90. The van der Waals surface area contributed by atoms with Gasteiger partial charge in [0.25, 0.3) is 0 Å². The molecule has 4 N–H and O–H groups in total. The summed E-state index contributed by atoms with van der Waals surface area (Å²) in [5.74, 6) is -1.33. The van der Waals surface area contributed by atoms with E-state index in [0.717, 1.165) is 19.3 Å². The van der Waals surface area contributed by atoms with Crippen molar-refractivity contribution in [2.75, 3.05) is 6.54 Å². The number of nitrogens with one attached hydrogen (secondary N) is 2. The van der Waals surface area contributed by atoms with E-state index >= 15 is 0 Å². The third-order valence-corrected chi connectivity index (χ3v) is 3.18. The fourth-order valence-electron chi connectivity index (χ4n) is 1.56. The lowest BCUT2D eigenvalue weighted by Crippen LogP contribution is -2.52. The first-order valence-electron chi connectivity index (χ1n) is 5.79. The molecule has 98 valence electrons. The van der Waals surface area contributed by atoms with Crippen LogP contribution in [0, 0.1) is 0 Å². The standard InChI is InChI=1S/C11H21N3O2S/c1-4-11(5-2,6-3)14-10(16)9(15)13-7-8(12)17/h4-7H2,1-3H3,(H2,12,17)(H,13,15)(H,14,16). The molecule has 0 aromatic rings. The van der Waals surface area contributed by atoms with Crippen LogP contribution >= 0.6 is 12.2 Å². The smallest absolute Gasteiger partial charge is 0.309 e. The molecule has 5 nitrogen and oxygen atoms in total. The van der Waals surface area contributed by atoms with Gasteiger partial charge in [0.1, 0.15) is 0 Å². The Labute approximate surface area is 108 Å². The number of carbonyl (C=O) groups excluding carboxylic acids is 2. The molecule has 0 saturated carbocycles. The molecule has 0 saturated heterocycles. The Morgan fingerprint density at radius 2 is 1.59 bits per heavy atom. The maximum absolute atomic E-state index is 11.6. The number of amides is 2. The van der Waals surface area contributed by atoms with E-state index in [1.54, 1.807) is 0 Å². The molecular weight excluding hydrogens is 238 g/mol. The predicted octanol–water partition coefficient (Wildman–Crippen LogP) is 0.474. The lowest BCUT2D eigenvalue weighted by Gasteiger charge is -2.31. The SMILES string of the molecule is CCC(CC)(CC)NC(=O)C(=O)NCC(N)=S. The first-order valence-corrected chi connectivity index (χ1v) is 6.20. The van der Waals surface area contributed by atoms with Gasteiger partial charge >= 0.3 is 11.8 Å². The monoisotopic (exact) mass is 259 g/mol. The van der Waals surface area contributed by atoms with E-state index in [9.17, 15) is 9.59 Å². The van der Waals surface area contributed by atoms with Gasteiger partial charge < -0.3 is 16.4 Å². The molecule has 0 unspecified atom stereocenters. The van der Waals surface area contributed by atoms with Crippen molar-refractivity contribution in [2.45, 2.75) is 45.6 Å². The second kappa shape index (κ2) is 7.21. The molecule has 0 radical (unpaired) electrons. The van der Waals surface area contributed by atoms with Gasteiger partial charge in [-0.3, -0.25) is 9.59 Å². The van der Waals surface area contributed by atoms with Crippen LogP contribution in [0.5, 0.6) is 0 Å². The Kier molecular flexibility index (Phi) is 6.72. The van der Waals surface area contributed by atoms with Crippen molar-refractivity contribution in [2.24, 2.45) is 5.73 Å². The number of carbonyl (C=O) groups is 2. The van der Waals surface area contributed by atoms with E-state index in [1.807, 2.05) is 20.8 Å². The highest BCUT2D eigenvalue weighted by atomic mass is 32.1. The van der Waals surface area contributed by atoms with Crippen LogP contribution in [0.4, 0.5) is 0 Å². The molecule has 0 aromatic heterocycles.